The number of carbonyl (C=O) groups is 1. The van der Waals surface area contributed by atoms with Crippen LogP contribution < -0.4 is 4.74 Å². The highest BCUT2D eigenvalue weighted by atomic mass is 32.2. The predicted octanol–water partition coefficient (Wildman–Crippen LogP) is 3.08. The van der Waals surface area contributed by atoms with Crippen molar-refractivity contribution in [3.63, 3.8) is 0 Å². The number of methoxy groups -OCH3 is 1. The molecule has 0 atom stereocenters. The molecule has 1 aliphatic rings. The minimum atomic E-state index is -0.0641. The van der Waals surface area contributed by atoms with Crippen LogP contribution in [0.25, 0.3) is 6.08 Å². The largest absolute Gasteiger partial charge is 0.497 e. The fourth-order valence-electron chi connectivity index (χ4n) is 1.64. The lowest BCUT2D eigenvalue weighted by Crippen LogP contribution is -2.27. The van der Waals surface area contributed by atoms with Crippen molar-refractivity contribution < 1.29 is 9.53 Å². The number of hydrogen-bond acceptors (Lipinski definition) is 4. The van der Waals surface area contributed by atoms with Crippen molar-refractivity contribution in [3.8, 4) is 5.75 Å². The molecule has 1 amide bonds. The normalized spacial score (nSPS) is 17.1. The standard InChI is InChI=1S/C14H13NO2S2/c1-3-8-15-13(16)12(19-14(15)18)9-10-4-6-11(17-2)7-5-10/h3-7,9H,1,8H2,2H3. The van der Waals surface area contributed by atoms with Gasteiger partial charge in [0.2, 0.25) is 0 Å². The van der Waals surface area contributed by atoms with Gasteiger partial charge < -0.3 is 4.74 Å². The Balaban J connectivity index is 2.21. The number of rotatable bonds is 4. The fraction of sp³-hybridized carbons (Fsp3) is 0.143. The van der Waals surface area contributed by atoms with Crippen molar-refractivity contribution >= 4 is 40.3 Å². The van der Waals surface area contributed by atoms with E-state index in [1.54, 1.807) is 18.1 Å². The van der Waals surface area contributed by atoms with E-state index < -0.39 is 0 Å². The molecule has 0 aliphatic carbocycles. The van der Waals surface area contributed by atoms with Gasteiger partial charge in [0.05, 0.1) is 12.0 Å². The summed E-state index contributed by atoms with van der Waals surface area (Å²) in [5.74, 6) is 0.724. The van der Waals surface area contributed by atoms with Crippen LogP contribution in [0.15, 0.2) is 41.8 Å². The van der Waals surface area contributed by atoms with Gasteiger partial charge in [-0.3, -0.25) is 9.69 Å². The lowest BCUT2D eigenvalue weighted by atomic mass is 10.2. The van der Waals surface area contributed by atoms with Crippen molar-refractivity contribution in [2.75, 3.05) is 13.7 Å². The van der Waals surface area contributed by atoms with Crippen molar-refractivity contribution in [2.24, 2.45) is 0 Å². The molecule has 0 spiro atoms. The Hall–Kier alpha value is -1.59. The second-order valence-electron chi connectivity index (χ2n) is 3.85. The molecule has 1 saturated heterocycles. The Bertz CT molecular complexity index is 549. The molecule has 3 nitrogen and oxygen atoms in total. The van der Waals surface area contributed by atoms with E-state index in [1.807, 2.05) is 30.3 Å². The number of ether oxygens (including phenoxy) is 1. The predicted molar refractivity (Wildman–Crippen MR) is 83.1 cm³/mol. The molecule has 1 aliphatic heterocycles. The minimum absolute atomic E-state index is 0.0641. The van der Waals surface area contributed by atoms with Gasteiger partial charge >= 0.3 is 0 Å². The summed E-state index contributed by atoms with van der Waals surface area (Å²) in [4.78, 5) is 14.3. The maximum Gasteiger partial charge on any atom is 0.266 e. The average Bonchev–Trinajstić information content (AvgIpc) is 2.68. The van der Waals surface area contributed by atoms with Gasteiger partial charge in [0, 0.05) is 6.54 Å². The van der Waals surface area contributed by atoms with Crippen LogP contribution in [0.2, 0.25) is 0 Å². The summed E-state index contributed by atoms with van der Waals surface area (Å²) in [6, 6.07) is 7.52. The zero-order chi connectivity index (χ0) is 13.8. The van der Waals surface area contributed by atoms with Gasteiger partial charge in [0.15, 0.2) is 0 Å². The van der Waals surface area contributed by atoms with Gasteiger partial charge in [-0.25, -0.2) is 0 Å². The van der Waals surface area contributed by atoms with Crippen molar-refractivity contribution in [3.05, 3.63) is 47.4 Å². The van der Waals surface area contributed by atoms with Gasteiger partial charge in [0.25, 0.3) is 5.91 Å². The van der Waals surface area contributed by atoms with Crippen LogP contribution in [0.3, 0.4) is 0 Å². The third kappa shape index (κ3) is 3.05. The summed E-state index contributed by atoms with van der Waals surface area (Å²) >= 11 is 6.49. The number of carbonyl (C=O) groups excluding carboxylic acids is 1. The van der Waals surface area contributed by atoms with Crippen LogP contribution in [0.4, 0.5) is 0 Å². The zero-order valence-electron chi connectivity index (χ0n) is 10.5. The van der Waals surface area contributed by atoms with Gasteiger partial charge in [-0.2, -0.15) is 0 Å². The third-order valence-corrected chi connectivity index (χ3v) is 3.98. The van der Waals surface area contributed by atoms with E-state index in [4.69, 9.17) is 17.0 Å². The molecule has 2 rings (SSSR count). The first-order valence-electron chi connectivity index (χ1n) is 5.66. The highest BCUT2D eigenvalue weighted by Crippen LogP contribution is 2.32. The topological polar surface area (TPSA) is 29.5 Å². The monoisotopic (exact) mass is 291 g/mol. The fourth-order valence-corrected chi connectivity index (χ4v) is 2.91. The van der Waals surface area contributed by atoms with E-state index in [9.17, 15) is 4.79 Å². The van der Waals surface area contributed by atoms with E-state index >= 15 is 0 Å². The Labute approximate surface area is 121 Å². The molecule has 1 aromatic rings. The van der Waals surface area contributed by atoms with Crippen LogP contribution >= 0.6 is 24.0 Å². The molecule has 0 radical (unpaired) electrons. The molecule has 0 bridgehead atoms. The number of hydrogen-bond donors (Lipinski definition) is 0. The summed E-state index contributed by atoms with van der Waals surface area (Å²) in [5.41, 5.74) is 0.944. The van der Waals surface area contributed by atoms with Gasteiger partial charge in [-0.1, -0.05) is 42.2 Å². The molecule has 98 valence electrons. The van der Waals surface area contributed by atoms with Crippen LogP contribution in [0, 0.1) is 0 Å². The highest BCUT2D eigenvalue weighted by molar-refractivity contribution is 8.26. The van der Waals surface area contributed by atoms with E-state index in [-0.39, 0.29) is 5.91 Å². The average molecular weight is 291 g/mol. The first-order chi connectivity index (χ1) is 9.15. The summed E-state index contributed by atoms with van der Waals surface area (Å²) < 4.78 is 5.67. The molecule has 0 unspecified atom stereocenters. The molecule has 1 fully saturated rings. The first-order valence-corrected chi connectivity index (χ1v) is 6.88. The van der Waals surface area contributed by atoms with E-state index in [0.29, 0.717) is 15.8 Å². The maximum absolute atomic E-state index is 12.1. The Morgan fingerprint density at radius 1 is 1.42 bits per heavy atom. The lowest BCUT2D eigenvalue weighted by molar-refractivity contribution is -0.121. The van der Waals surface area contributed by atoms with Crippen molar-refractivity contribution in [1.29, 1.82) is 0 Å². The van der Waals surface area contributed by atoms with Crippen LogP contribution in [0.1, 0.15) is 5.56 Å². The third-order valence-electron chi connectivity index (χ3n) is 2.60. The SMILES string of the molecule is C=CCN1C(=O)C(=Cc2ccc(OC)cc2)SC1=S. The van der Waals surface area contributed by atoms with Gasteiger partial charge in [0.1, 0.15) is 10.1 Å². The lowest BCUT2D eigenvalue weighted by Gasteiger charge is -2.10. The summed E-state index contributed by atoms with van der Waals surface area (Å²) in [6.45, 7) is 4.07. The summed E-state index contributed by atoms with van der Waals surface area (Å²) in [6.07, 6.45) is 3.50. The van der Waals surface area contributed by atoms with Crippen LogP contribution in [-0.2, 0) is 4.79 Å². The highest BCUT2D eigenvalue weighted by Gasteiger charge is 2.30. The Morgan fingerprint density at radius 2 is 2.11 bits per heavy atom. The molecular weight excluding hydrogens is 278 g/mol. The van der Waals surface area contributed by atoms with E-state index in [2.05, 4.69) is 6.58 Å². The molecule has 1 aromatic carbocycles. The van der Waals surface area contributed by atoms with Crippen molar-refractivity contribution in [1.82, 2.24) is 4.90 Å². The van der Waals surface area contributed by atoms with Gasteiger partial charge in [-0.15, -0.1) is 6.58 Å². The maximum atomic E-state index is 12.1. The molecule has 19 heavy (non-hydrogen) atoms. The quantitative estimate of drug-likeness (QED) is 0.484. The van der Waals surface area contributed by atoms with E-state index in [1.165, 1.54) is 11.8 Å². The Morgan fingerprint density at radius 3 is 2.68 bits per heavy atom. The van der Waals surface area contributed by atoms with Crippen LogP contribution in [-0.4, -0.2) is 28.8 Å². The van der Waals surface area contributed by atoms with E-state index in [0.717, 1.165) is 11.3 Å². The number of thioether (sulfide) groups is 1. The second-order valence-corrected chi connectivity index (χ2v) is 5.53. The molecule has 0 N–H and O–H groups in total. The second kappa shape index (κ2) is 6.04. The number of benzene rings is 1. The molecule has 0 saturated carbocycles. The van der Waals surface area contributed by atoms with Crippen molar-refractivity contribution in [2.45, 2.75) is 0 Å². The summed E-state index contributed by atoms with van der Waals surface area (Å²) in [5, 5.41) is 0. The molecular formula is C14H13NO2S2. The molecule has 0 aromatic heterocycles. The minimum Gasteiger partial charge on any atom is -0.497 e. The van der Waals surface area contributed by atoms with Crippen LogP contribution in [0.5, 0.6) is 5.75 Å². The van der Waals surface area contributed by atoms with Gasteiger partial charge in [-0.05, 0) is 23.8 Å². The first kappa shape index (κ1) is 13.8. The number of nitrogens with zero attached hydrogens (tertiary/aromatic N) is 1. The summed E-state index contributed by atoms with van der Waals surface area (Å²) in [7, 11) is 1.62. The zero-order valence-corrected chi connectivity index (χ0v) is 12.1. The molecule has 1 heterocycles. The number of thiocarbonyl (C=S) groups is 1. The smallest absolute Gasteiger partial charge is 0.266 e. The molecule has 5 heteroatoms. The number of amides is 1. The Kier molecular flexibility index (Phi) is 4.39.